The maximum atomic E-state index is 4.43. The van der Waals surface area contributed by atoms with Crippen LogP contribution in [0.1, 0.15) is 51.1 Å². The molecule has 0 amide bonds. The molecule has 0 aromatic carbocycles. The highest BCUT2D eigenvalue weighted by molar-refractivity contribution is 5.52. The van der Waals surface area contributed by atoms with E-state index in [1.165, 1.54) is 5.56 Å². The summed E-state index contributed by atoms with van der Waals surface area (Å²) in [5.74, 6) is 0. The van der Waals surface area contributed by atoms with Crippen LogP contribution in [0.3, 0.4) is 0 Å². The van der Waals surface area contributed by atoms with Crippen molar-refractivity contribution in [1.29, 1.82) is 0 Å². The molecule has 1 aromatic heterocycles. The van der Waals surface area contributed by atoms with Gasteiger partial charge < -0.3 is 0 Å². The Morgan fingerprint density at radius 1 is 1.07 bits per heavy atom. The summed E-state index contributed by atoms with van der Waals surface area (Å²) in [5.41, 5.74) is 3.66. The third-order valence-electron chi connectivity index (χ3n) is 2.01. The minimum atomic E-state index is 1.11. The van der Waals surface area contributed by atoms with E-state index in [-0.39, 0.29) is 0 Å². The quantitative estimate of drug-likeness (QED) is 0.611. The molecule has 15 heavy (non-hydrogen) atoms. The Labute approximate surface area is 94.3 Å². The highest BCUT2D eigenvalue weighted by atomic mass is 14.7. The van der Waals surface area contributed by atoms with Gasteiger partial charge in [0.05, 0.1) is 5.69 Å². The number of fused-ring (bicyclic) bond motifs is 1. The van der Waals surface area contributed by atoms with Gasteiger partial charge in [0.15, 0.2) is 0 Å². The van der Waals surface area contributed by atoms with E-state index >= 15 is 0 Å². The van der Waals surface area contributed by atoms with E-state index in [1.807, 2.05) is 34.6 Å². The second-order valence-electron chi connectivity index (χ2n) is 2.94. The predicted molar refractivity (Wildman–Crippen MR) is 69.0 cm³/mol. The number of hydrogen-bond acceptors (Lipinski definition) is 1. The molecule has 0 atom stereocenters. The van der Waals surface area contributed by atoms with Crippen molar-refractivity contribution < 1.29 is 0 Å². The molecule has 84 valence electrons. The summed E-state index contributed by atoms with van der Waals surface area (Å²) >= 11 is 0. The molecule has 0 bridgehead atoms. The van der Waals surface area contributed by atoms with E-state index in [0.717, 1.165) is 24.2 Å². The van der Waals surface area contributed by atoms with Crippen LogP contribution in [-0.2, 0) is 6.42 Å². The molecule has 1 aliphatic carbocycles. The Balaban J connectivity index is 0.000000442. The van der Waals surface area contributed by atoms with Crippen molar-refractivity contribution in [2.45, 2.75) is 47.5 Å². The lowest BCUT2D eigenvalue weighted by molar-refractivity contribution is 0.955. The summed E-state index contributed by atoms with van der Waals surface area (Å²) in [6.45, 7) is 10.0. The van der Waals surface area contributed by atoms with Crippen LogP contribution >= 0.6 is 0 Å². The fourth-order valence-corrected chi connectivity index (χ4v) is 1.40. The van der Waals surface area contributed by atoms with Crippen LogP contribution in [0.15, 0.2) is 18.2 Å². The van der Waals surface area contributed by atoms with Gasteiger partial charge in [-0.25, -0.2) is 0 Å². The molecule has 0 aliphatic heterocycles. The highest BCUT2D eigenvalue weighted by Crippen LogP contribution is 2.16. The minimum Gasteiger partial charge on any atom is -0.253 e. The standard InChI is InChI=1S/C10H11N.2C2H6/c1-8-6-7-9-4-2-3-5-10(9)11-8;2*1-2/h3,5-7H,2,4H2,1H3;2*1-2H3. The molecule has 1 heteroatoms. The fraction of sp³-hybridized carbons (Fsp3) is 0.500. The molecule has 1 aromatic rings. The van der Waals surface area contributed by atoms with Crippen LogP contribution in [-0.4, -0.2) is 4.98 Å². The largest absolute Gasteiger partial charge is 0.253 e. The zero-order valence-electron chi connectivity index (χ0n) is 10.7. The first-order valence-corrected chi connectivity index (χ1v) is 5.99. The lowest BCUT2D eigenvalue weighted by Crippen LogP contribution is -1.97. The van der Waals surface area contributed by atoms with Crippen molar-refractivity contribution in [3.8, 4) is 0 Å². The average Bonchev–Trinajstić information content (AvgIpc) is 2.34. The Kier molecular flexibility index (Phi) is 7.61. The first-order valence-electron chi connectivity index (χ1n) is 5.99. The van der Waals surface area contributed by atoms with Crippen LogP contribution in [0, 0.1) is 6.92 Å². The Morgan fingerprint density at radius 2 is 1.73 bits per heavy atom. The summed E-state index contributed by atoms with van der Waals surface area (Å²) in [6, 6.07) is 4.26. The molecule has 0 N–H and O–H groups in total. The number of aromatic nitrogens is 1. The smallest absolute Gasteiger partial charge is 0.0661 e. The van der Waals surface area contributed by atoms with Gasteiger partial charge in [0, 0.05) is 5.69 Å². The van der Waals surface area contributed by atoms with Crippen molar-refractivity contribution in [2.24, 2.45) is 0 Å². The molecule has 1 nitrogen and oxygen atoms in total. The van der Waals surface area contributed by atoms with Gasteiger partial charge in [0.2, 0.25) is 0 Å². The number of nitrogens with zero attached hydrogens (tertiary/aromatic N) is 1. The zero-order valence-corrected chi connectivity index (χ0v) is 10.7. The van der Waals surface area contributed by atoms with E-state index in [2.05, 4.69) is 29.3 Å². The van der Waals surface area contributed by atoms with E-state index in [4.69, 9.17) is 0 Å². The van der Waals surface area contributed by atoms with Crippen molar-refractivity contribution in [1.82, 2.24) is 4.98 Å². The van der Waals surface area contributed by atoms with Crippen LogP contribution < -0.4 is 0 Å². The second kappa shape index (κ2) is 8.22. The van der Waals surface area contributed by atoms with Crippen molar-refractivity contribution in [3.63, 3.8) is 0 Å². The van der Waals surface area contributed by atoms with Gasteiger partial charge in [-0.1, -0.05) is 39.8 Å². The third kappa shape index (κ3) is 4.28. The second-order valence-corrected chi connectivity index (χ2v) is 2.94. The monoisotopic (exact) mass is 205 g/mol. The summed E-state index contributed by atoms with van der Waals surface area (Å²) in [4.78, 5) is 4.43. The normalized spacial score (nSPS) is 11.5. The van der Waals surface area contributed by atoms with E-state index in [1.54, 1.807) is 0 Å². The van der Waals surface area contributed by atoms with E-state index in [9.17, 15) is 0 Å². The Morgan fingerprint density at radius 3 is 2.40 bits per heavy atom. The lowest BCUT2D eigenvalue weighted by Gasteiger charge is -2.08. The van der Waals surface area contributed by atoms with Gasteiger partial charge >= 0.3 is 0 Å². The predicted octanol–water partition coefficient (Wildman–Crippen LogP) is 4.40. The van der Waals surface area contributed by atoms with Crippen molar-refractivity contribution in [2.75, 3.05) is 0 Å². The molecule has 1 heterocycles. The van der Waals surface area contributed by atoms with Gasteiger partial charge in [0.1, 0.15) is 0 Å². The molecule has 0 saturated heterocycles. The van der Waals surface area contributed by atoms with Gasteiger partial charge in [-0.3, -0.25) is 4.98 Å². The first kappa shape index (κ1) is 13.9. The zero-order chi connectivity index (χ0) is 11.7. The number of pyridine rings is 1. The maximum absolute atomic E-state index is 4.43. The van der Waals surface area contributed by atoms with Crippen LogP contribution in [0.4, 0.5) is 0 Å². The summed E-state index contributed by atoms with van der Waals surface area (Å²) < 4.78 is 0. The van der Waals surface area contributed by atoms with Crippen molar-refractivity contribution >= 4 is 6.08 Å². The number of hydrogen-bond donors (Lipinski definition) is 0. The first-order chi connectivity index (χ1) is 7.36. The Bertz CT molecular complexity index is 300. The summed E-state index contributed by atoms with van der Waals surface area (Å²) in [7, 11) is 0. The van der Waals surface area contributed by atoms with Gasteiger partial charge in [-0.05, 0) is 37.5 Å². The molecule has 0 spiro atoms. The topological polar surface area (TPSA) is 12.9 Å². The molecule has 0 saturated carbocycles. The average molecular weight is 205 g/mol. The van der Waals surface area contributed by atoms with Crippen LogP contribution in [0.5, 0.6) is 0 Å². The highest BCUT2D eigenvalue weighted by Gasteiger charge is 2.03. The minimum absolute atomic E-state index is 1.11. The van der Waals surface area contributed by atoms with Gasteiger partial charge in [-0.2, -0.15) is 0 Å². The number of aryl methyl sites for hydroxylation is 2. The van der Waals surface area contributed by atoms with Crippen molar-refractivity contribution in [3.05, 3.63) is 35.2 Å². The van der Waals surface area contributed by atoms with E-state index < -0.39 is 0 Å². The molecule has 0 unspecified atom stereocenters. The molecule has 0 fully saturated rings. The lowest BCUT2D eigenvalue weighted by atomic mass is 10.0. The van der Waals surface area contributed by atoms with Crippen LogP contribution in [0.2, 0.25) is 0 Å². The van der Waals surface area contributed by atoms with Gasteiger partial charge in [-0.15, -0.1) is 0 Å². The molecule has 1 aliphatic rings. The third-order valence-corrected chi connectivity index (χ3v) is 2.01. The molecular weight excluding hydrogens is 182 g/mol. The fourth-order valence-electron chi connectivity index (χ4n) is 1.40. The van der Waals surface area contributed by atoms with E-state index in [0.29, 0.717) is 0 Å². The molecule has 0 radical (unpaired) electrons. The molecule has 2 rings (SSSR count). The summed E-state index contributed by atoms with van der Waals surface area (Å²) in [5, 5.41) is 0. The molecular formula is C14H23N. The SMILES string of the molecule is CC.CC.Cc1ccc2c(n1)C=CCC2. The van der Waals surface area contributed by atoms with Gasteiger partial charge in [0.25, 0.3) is 0 Å². The maximum Gasteiger partial charge on any atom is 0.0661 e. The number of allylic oxidation sites excluding steroid dienone is 1. The Hall–Kier alpha value is -1.11. The number of rotatable bonds is 0. The van der Waals surface area contributed by atoms with Crippen LogP contribution in [0.25, 0.3) is 6.08 Å². The summed E-state index contributed by atoms with van der Waals surface area (Å²) in [6.07, 6.45) is 6.62.